The summed E-state index contributed by atoms with van der Waals surface area (Å²) in [5, 5.41) is 15.5. The van der Waals surface area contributed by atoms with Crippen LogP contribution in [0.5, 0.6) is 0 Å². The lowest BCUT2D eigenvalue weighted by molar-refractivity contribution is 0.102. The van der Waals surface area contributed by atoms with E-state index in [0.29, 0.717) is 15.8 Å². The van der Waals surface area contributed by atoms with E-state index in [0.717, 1.165) is 5.56 Å². The van der Waals surface area contributed by atoms with Gasteiger partial charge in [-0.15, -0.1) is 10.2 Å². The van der Waals surface area contributed by atoms with Crippen LogP contribution in [0.2, 0.25) is 0 Å². The van der Waals surface area contributed by atoms with Crippen molar-refractivity contribution in [1.82, 2.24) is 10.2 Å². The molecule has 3 aromatic rings. The van der Waals surface area contributed by atoms with E-state index in [-0.39, 0.29) is 5.91 Å². The molecule has 0 unspecified atom stereocenters. The van der Waals surface area contributed by atoms with Gasteiger partial charge < -0.3 is 0 Å². The largest absolute Gasteiger partial charge is 0.296 e. The van der Waals surface area contributed by atoms with E-state index in [4.69, 9.17) is 0 Å². The number of nitrogens with zero attached hydrogens (tertiary/aromatic N) is 3. The standard InChI is InChI=1S/C16H13N5OS/c22-14(13-9-5-2-6-10-13)18-15-20-21-16(23-15)19-17-11-12-7-3-1-4-8-12/h1-11H,(H,19,21)(H,18,20,22)/b17-11+. The molecular weight excluding hydrogens is 310 g/mol. The van der Waals surface area contributed by atoms with Gasteiger partial charge in [0.1, 0.15) is 0 Å². The summed E-state index contributed by atoms with van der Waals surface area (Å²) in [4.78, 5) is 12.0. The quantitative estimate of drug-likeness (QED) is 0.558. The molecule has 0 aliphatic carbocycles. The molecule has 1 heterocycles. The Balaban J connectivity index is 1.58. The Morgan fingerprint density at radius 2 is 1.61 bits per heavy atom. The fourth-order valence-electron chi connectivity index (χ4n) is 1.78. The van der Waals surface area contributed by atoms with Crippen molar-refractivity contribution < 1.29 is 4.79 Å². The van der Waals surface area contributed by atoms with Gasteiger partial charge in [0.15, 0.2) is 0 Å². The number of carbonyl (C=O) groups excluding carboxylic acids is 1. The molecule has 2 aromatic carbocycles. The molecule has 0 aliphatic heterocycles. The first-order chi connectivity index (χ1) is 11.3. The Labute approximate surface area is 136 Å². The van der Waals surface area contributed by atoms with Crippen molar-refractivity contribution in [3.05, 3.63) is 71.8 Å². The van der Waals surface area contributed by atoms with Gasteiger partial charge in [0.05, 0.1) is 6.21 Å². The molecule has 7 heteroatoms. The third kappa shape index (κ3) is 4.21. The topological polar surface area (TPSA) is 79.3 Å². The predicted molar refractivity (Wildman–Crippen MR) is 92.0 cm³/mol. The van der Waals surface area contributed by atoms with Crippen LogP contribution < -0.4 is 10.7 Å². The zero-order valence-electron chi connectivity index (χ0n) is 12.0. The number of carbonyl (C=O) groups is 1. The molecule has 0 saturated heterocycles. The maximum atomic E-state index is 12.0. The van der Waals surface area contributed by atoms with Crippen LogP contribution in [0.1, 0.15) is 15.9 Å². The van der Waals surface area contributed by atoms with Crippen molar-refractivity contribution >= 4 is 33.7 Å². The lowest BCUT2D eigenvalue weighted by Crippen LogP contribution is -2.11. The molecule has 0 aliphatic rings. The molecule has 0 atom stereocenters. The van der Waals surface area contributed by atoms with Crippen molar-refractivity contribution in [3.63, 3.8) is 0 Å². The highest BCUT2D eigenvalue weighted by atomic mass is 32.1. The molecule has 1 amide bonds. The molecule has 2 N–H and O–H groups in total. The number of aromatic nitrogens is 2. The summed E-state index contributed by atoms with van der Waals surface area (Å²) in [5.41, 5.74) is 4.33. The molecular formula is C16H13N5OS. The SMILES string of the molecule is O=C(Nc1nnc(N/N=C/c2ccccc2)s1)c1ccccc1. The van der Waals surface area contributed by atoms with E-state index < -0.39 is 0 Å². The van der Waals surface area contributed by atoms with Crippen LogP contribution in [0.15, 0.2) is 65.8 Å². The van der Waals surface area contributed by atoms with E-state index in [1.165, 1.54) is 11.3 Å². The first-order valence-corrected chi connectivity index (χ1v) is 7.67. The minimum Gasteiger partial charge on any atom is -0.296 e. The van der Waals surface area contributed by atoms with Crippen LogP contribution in [0.3, 0.4) is 0 Å². The maximum absolute atomic E-state index is 12.0. The average Bonchev–Trinajstić information content (AvgIpc) is 3.04. The number of benzene rings is 2. The number of hydrogen-bond acceptors (Lipinski definition) is 6. The Hall–Kier alpha value is -3.06. The predicted octanol–water partition coefficient (Wildman–Crippen LogP) is 3.24. The molecule has 6 nitrogen and oxygen atoms in total. The van der Waals surface area contributed by atoms with Crippen LogP contribution in [0.4, 0.5) is 10.3 Å². The summed E-state index contributed by atoms with van der Waals surface area (Å²) in [6, 6.07) is 18.6. The highest BCUT2D eigenvalue weighted by Crippen LogP contribution is 2.20. The van der Waals surface area contributed by atoms with Gasteiger partial charge in [-0.25, -0.2) is 0 Å². The van der Waals surface area contributed by atoms with Crippen molar-refractivity contribution in [2.24, 2.45) is 5.10 Å². The summed E-state index contributed by atoms with van der Waals surface area (Å²) >= 11 is 1.21. The van der Waals surface area contributed by atoms with E-state index in [2.05, 4.69) is 26.0 Å². The monoisotopic (exact) mass is 323 g/mol. The normalized spacial score (nSPS) is 10.6. The third-order valence-electron chi connectivity index (χ3n) is 2.85. The minimum absolute atomic E-state index is 0.221. The van der Waals surface area contributed by atoms with E-state index >= 15 is 0 Å². The van der Waals surface area contributed by atoms with Gasteiger partial charge in [-0.2, -0.15) is 5.10 Å². The highest BCUT2D eigenvalue weighted by Gasteiger charge is 2.09. The summed E-state index contributed by atoms with van der Waals surface area (Å²) in [5.74, 6) is -0.221. The van der Waals surface area contributed by atoms with Gasteiger partial charge in [0, 0.05) is 5.56 Å². The fraction of sp³-hybridized carbons (Fsp3) is 0. The van der Waals surface area contributed by atoms with Gasteiger partial charge in [-0.05, 0) is 17.7 Å². The zero-order valence-corrected chi connectivity index (χ0v) is 12.8. The number of rotatable bonds is 5. The molecule has 1 aromatic heterocycles. The van der Waals surface area contributed by atoms with Gasteiger partial charge >= 0.3 is 0 Å². The summed E-state index contributed by atoms with van der Waals surface area (Å²) < 4.78 is 0. The lowest BCUT2D eigenvalue weighted by atomic mass is 10.2. The Morgan fingerprint density at radius 1 is 0.957 bits per heavy atom. The molecule has 0 fully saturated rings. The highest BCUT2D eigenvalue weighted by molar-refractivity contribution is 7.19. The van der Waals surface area contributed by atoms with Crippen LogP contribution >= 0.6 is 11.3 Å². The van der Waals surface area contributed by atoms with Crippen molar-refractivity contribution in [2.75, 3.05) is 10.7 Å². The number of nitrogens with one attached hydrogen (secondary N) is 2. The molecule has 23 heavy (non-hydrogen) atoms. The Kier molecular flexibility index (Phi) is 4.70. The molecule has 0 bridgehead atoms. The zero-order chi connectivity index (χ0) is 15.9. The van der Waals surface area contributed by atoms with Crippen LogP contribution in [-0.4, -0.2) is 22.3 Å². The fourth-order valence-corrected chi connectivity index (χ4v) is 2.37. The van der Waals surface area contributed by atoms with E-state index in [1.54, 1.807) is 30.5 Å². The van der Waals surface area contributed by atoms with Crippen LogP contribution in [-0.2, 0) is 0 Å². The first-order valence-electron chi connectivity index (χ1n) is 6.85. The van der Waals surface area contributed by atoms with Crippen LogP contribution in [0, 0.1) is 0 Å². The lowest BCUT2D eigenvalue weighted by Gasteiger charge is -1.99. The molecule has 114 valence electrons. The number of hydrogen-bond donors (Lipinski definition) is 2. The van der Waals surface area contributed by atoms with Gasteiger partial charge in [-0.3, -0.25) is 15.5 Å². The molecule has 3 rings (SSSR count). The van der Waals surface area contributed by atoms with Crippen molar-refractivity contribution in [2.45, 2.75) is 0 Å². The number of amides is 1. The first kappa shape index (κ1) is 14.9. The molecule has 0 radical (unpaired) electrons. The molecule has 0 spiro atoms. The summed E-state index contributed by atoms with van der Waals surface area (Å²) in [6.45, 7) is 0. The second kappa shape index (κ2) is 7.28. The van der Waals surface area contributed by atoms with Crippen LogP contribution in [0.25, 0.3) is 0 Å². The van der Waals surface area contributed by atoms with Gasteiger partial charge in [-0.1, -0.05) is 59.9 Å². The third-order valence-corrected chi connectivity index (χ3v) is 3.60. The van der Waals surface area contributed by atoms with Crippen molar-refractivity contribution in [1.29, 1.82) is 0 Å². The van der Waals surface area contributed by atoms with E-state index in [1.807, 2.05) is 36.4 Å². The maximum Gasteiger partial charge on any atom is 0.257 e. The Bertz CT molecular complexity index is 802. The second-order valence-electron chi connectivity index (χ2n) is 4.51. The molecule has 0 saturated carbocycles. The van der Waals surface area contributed by atoms with E-state index in [9.17, 15) is 4.79 Å². The summed E-state index contributed by atoms with van der Waals surface area (Å²) in [6.07, 6.45) is 1.68. The number of anilines is 2. The minimum atomic E-state index is -0.221. The number of hydrazone groups is 1. The second-order valence-corrected chi connectivity index (χ2v) is 5.49. The average molecular weight is 323 g/mol. The van der Waals surface area contributed by atoms with Gasteiger partial charge in [0.25, 0.3) is 5.91 Å². The van der Waals surface area contributed by atoms with Gasteiger partial charge in [0.2, 0.25) is 10.3 Å². The van der Waals surface area contributed by atoms with Crippen molar-refractivity contribution in [3.8, 4) is 0 Å². The Morgan fingerprint density at radius 3 is 2.35 bits per heavy atom. The smallest absolute Gasteiger partial charge is 0.257 e. The summed E-state index contributed by atoms with van der Waals surface area (Å²) in [7, 11) is 0.